The lowest BCUT2D eigenvalue weighted by molar-refractivity contribution is -0.134. The molecule has 0 atom stereocenters. The highest BCUT2D eigenvalue weighted by Gasteiger charge is 2.40. The van der Waals surface area contributed by atoms with Crippen LogP contribution in [0.5, 0.6) is 0 Å². The van der Waals surface area contributed by atoms with Crippen molar-refractivity contribution in [3.63, 3.8) is 0 Å². The number of nitrogens with one attached hydrogen (secondary N) is 3. The monoisotopic (exact) mass is 391 g/mol. The summed E-state index contributed by atoms with van der Waals surface area (Å²) in [7, 11) is 0. The van der Waals surface area contributed by atoms with Gasteiger partial charge in [-0.25, -0.2) is 0 Å². The predicted octanol–water partition coefficient (Wildman–Crippen LogP) is 2.62. The average molecular weight is 392 g/mol. The molecule has 27 heavy (non-hydrogen) atoms. The molecule has 7 heteroatoms. The number of benzene rings is 1. The van der Waals surface area contributed by atoms with Crippen molar-refractivity contribution in [3.8, 4) is 0 Å². The van der Waals surface area contributed by atoms with Crippen molar-refractivity contribution < 1.29 is 14.4 Å². The summed E-state index contributed by atoms with van der Waals surface area (Å²) in [5.74, 6) is -0.0935. The second-order valence-corrected chi connectivity index (χ2v) is 7.95. The van der Waals surface area contributed by atoms with Gasteiger partial charge in [-0.15, -0.1) is 11.8 Å². The summed E-state index contributed by atoms with van der Waals surface area (Å²) in [6.07, 6.45) is 4.30. The smallest absolute Gasteiger partial charge is 0.245 e. The Morgan fingerprint density at radius 1 is 1.07 bits per heavy atom. The van der Waals surface area contributed by atoms with Crippen LogP contribution in [0.25, 0.3) is 0 Å². The van der Waals surface area contributed by atoms with Gasteiger partial charge in [0.2, 0.25) is 17.7 Å². The number of thioether (sulfide) groups is 1. The van der Waals surface area contributed by atoms with E-state index in [1.54, 1.807) is 0 Å². The Morgan fingerprint density at radius 2 is 1.78 bits per heavy atom. The fraction of sp³-hybridized carbons (Fsp3) is 0.550. The molecule has 148 valence electrons. The molecule has 0 heterocycles. The zero-order chi connectivity index (χ0) is 19.7. The molecular formula is C20H29N3O3S. The number of hydrogen-bond donors (Lipinski definition) is 3. The maximum Gasteiger partial charge on any atom is 0.245 e. The minimum atomic E-state index is -0.796. The van der Waals surface area contributed by atoms with E-state index >= 15 is 0 Å². The zero-order valence-electron chi connectivity index (χ0n) is 16.1. The first-order chi connectivity index (χ1) is 12.9. The van der Waals surface area contributed by atoms with Gasteiger partial charge >= 0.3 is 0 Å². The van der Waals surface area contributed by atoms with Crippen LogP contribution in [0.1, 0.15) is 44.6 Å². The third-order valence-electron chi connectivity index (χ3n) is 4.63. The molecule has 0 aliphatic heterocycles. The van der Waals surface area contributed by atoms with E-state index in [9.17, 15) is 14.4 Å². The van der Waals surface area contributed by atoms with E-state index in [4.69, 9.17) is 0 Å². The van der Waals surface area contributed by atoms with Crippen molar-refractivity contribution in [1.82, 2.24) is 10.6 Å². The SMILES string of the molecule is CCNC(=O)C1(NC(=O)CSCC(=O)Nc2cccc(C)c2)CCCCC1. The standard InChI is InChI=1S/C20H29N3O3S/c1-3-21-19(26)20(10-5-4-6-11-20)23-18(25)14-27-13-17(24)22-16-9-7-8-15(2)12-16/h7-9,12H,3-6,10-11,13-14H2,1-2H3,(H,21,26)(H,22,24)(H,23,25). The van der Waals surface area contributed by atoms with Gasteiger partial charge in [-0.1, -0.05) is 31.4 Å². The topological polar surface area (TPSA) is 87.3 Å². The Bertz CT molecular complexity index is 672. The predicted molar refractivity (Wildman–Crippen MR) is 110 cm³/mol. The molecule has 0 saturated heterocycles. The Morgan fingerprint density at radius 3 is 2.44 bits per heavy atom. The third-order valence-corrected chi connectivity index (χ3v) is 5.56. The number of likely N-dealkylation sites (N-methyl/N-ethyl adjacent to an activating group) is 1. The van der Waals surface area contributed by atoms with Crippen LogP contribution in [-0.2, 0) is 14.4 Å². The van der Waals surface area contributed by atoms with Crippen molar-refractivity contribution in [1.29, 1.82) is 0 Å². The van der Waals surface area contributed by atoms with E-state index in [1.165, 1.54) is 11.8 Å². The fourth-order valence-corrected chi connectivity index (χ4v) is 3.97. The molecule has 0 unspecified atom stereocenters. The van der Waals surface area contributed by atoms with Crippen LogP contribution in [0.15, 0.2) is 24.3 Å². The van der Waals surface area contributed by atoms with Gasteiger partial charge in [-0.3, -0.25) is 14.4 Å². The van der Waals surface area contributed by atoms with Crippen molar-refractivity contribution in [2.45, 2.75) is 51.5 Å². The molecule has 1 fully saturated rings. The summed E-state index contributed by atoms with van der Waals surface area (Å²) in [5, 5.41) is 8.61. The van der Waals surface area contributed by atoms with Crippen LogP contribution in [0.4, 0.5) is 5.69 Å². The molecule has 1 aliphatic carbocycles. The molecule has 1 aromatic rings. The Labute approximate surface area is 165 Å². The number of hydrogen-bond acceptors (Lipinski definition) is 4. The molecule has 3 N–H and O–H groups in total. The van der Waals surface area contributed by atoms with E-state index < -0.39 is 5.54 Å². The van der Waals surface area contributed by atoms with Gasteiger partial charge < -0.3 is 16.0 Å². The second-order valence-electron chi connectivity index (χ2n) is 6.96. The highest BCUT2D eigenvalue weighted by Crippen LogP contribution is 2.28. The number of anilines is 1. The minimum absolute atomic E-state index is 0.0970. The van der Waals surface area contributed by atoms with Crippen molar-refractivity contribution >= 4 is 35.2 Å². The second kappa shape index (κ2) is 10.3. The summed E-state index contributed by atoms with van der Waals surface area (Å²) in [4.78, 5) is 36.9. The molecule has 3 amide bonds. The molecular weight excluding hydrogens is 362 g/mol. The largest absolute Gasteiger partial charge is 0.354 e. The lowest BCUT2D eigenvalue weighted by Gasteiger charge is -2.36. The highest BCUT2D eigenvalue weighted by atomic mass is 32.2. The lowest BCUT2D eigenvalue weighted by atomic mass is 9.80. The minimum Gasteiger partial charge on any atom is -0.354 e. The van der Waals surface area contributed by atoms with Crippen LogP contribution in [0, 0.1) is 6.92 Å². The fourth-order valence-electron chi connectivity index (χ4n) is 3.35. The number of aryl methyl sites for hydroxylation is 1. The zero-order valence-corrected chi connectivity index (χ0v) is 16.9. The summed E-state index contributed by atoms with van der Waals surface area (Å²) in [6.45, 7) is 4.38. The van der Waals surface area contributed by atoms with Crippen molar-refractivity contribution in [3.05, 3.63) is 29.8 Å². The van der Waals surface area contributed by atoms with Gasteiger partial charge in [0, 0.05) is 12.2 Å². The molecule has 1 saturated carbocycles. The Hall–Kier alpha value is -2.02. The van der Waals surface area contributed by atoms with E-state index in [2.05, 4.69) is 16.0 Å². The molecule has 0 spiro atoms. The number of carbonyl (C=O) groups excluding carboxylic acids is 3. The normalized spacial score (nSPS) is 15.6. The first-order valence-electron chi connectivity index (χ1n) is 9.49. The van der Waals surface area contributed by atoms with E-state index in [-0.39, 0.29) is 29.2 Å². The van der Waals surface area contributed by atoms with Crippen LogP contribution in [0.3, 0.4) is 0 Å². The van der Waals surface area contributed by atoms with Crippen LogP contribution >= 0.6 is 11.8 Å². The molecule has 0 bridgehead atoms. The molecule has 1 aliphatic rings. The Kier molecular flexibility index (Phi) is 8.16. The Balaban J connectivity index is 1.80. The summed E-state index contributed by atoms with van der Waals surface area (Å²) in [6, 6.07) is 7.58. The molecule has 2 rings (SSSR count). The summed E-state index contributed by atoms with van der Waals surface area (Å²) in [5.41, 5.74) is 1.03. The summed E-state index contributed by atoms with van der Waals surface area (Å²) < 4.78 is 0. The van der Waals surface area contributed by atoms with Gasteiger partial charge in [0.05, 0.1) is 11.5 Å². The maximum absolute atomic E-state index is 12.5. The van der Waals surface area contributed by atoms with E-state index in [1.807, 2.05) is 38.1 Å². The van der Waals surface area contributed by atoms with E-state index in [0.717, 1.165) is 30.5 Å². The van der Waals surface area contributed by atoms with Crippen LogP contribution < -0.4 is 16.0 Å². The van der Waals surface area contributed by atoms with Crippen molar-refractivity contribution in [2.24, 2.45) is 0 Å². The van der Waals surface area contributed by atoms with Gasteiger partial charge in [0.1, 0.15) is 5.54 Å². The maximum atomic E-state index is 12.5. The van der Waals surface area contributed by atoms with Crippen LogP contribution in [-0.4, -0.2) is 41.3 Å². The quantitative estimate of drug-likeness (QED) is 0.636. The third kappa shape index (κ3) is 6.57. The summed E-state index contributed by atoms with van der Waals surface area (Å²) >= 11 is 1.25. The molecule has 0 radical (unpaired) electrons. The first-order valence-corrected chi connectivity index (χ1v) is 10.6. The number of rotatable bonds is 8. The molecule has 1 aromatic carbocycles. The molecule has 0 aromatic heterocycles. The van der Waals surface area contributed by atoms with Crippen molar-refractivity contribution in [2.75, 3.05) is 23.4 Å². The molecule has 6 nitrogen and oxygen atoms in total. The van der Waals surface area contributed by atoms with E-state index in [0.29, 0.717) is 19.4 Å². The van der Waals surface area contributed by atoms with Gasteiger partial charge in [0.25, 0.3) is 0 Å². The number of carbonyl (C=O) groups is 3. The highest BCUT2D eigenvalue weighted by molar-refractivity contribution is 8.00. The van der Waals surface area contributed by atoms with Gasteiger partial charge in [-0.05, 0) is 44.4 Å². The average Bonchev–Trinajstić information content (AvgIpc) is 2.62. The van der Waals surface area contributed by atoms with Gasteiger partial charge in [0.15, 0.2) is 0 Å². The number of amides is 3. The van der Waals surface area contributed by atoms with Crippen LogP contribution in [0.2, 0.25) is 0 Å². The van der Waals surface area contributed by atoms with Gasteiger partial charge in [-0.2, -0.15) is 0 Å². The first kappa shape index (κ1) is 21.3. The lowest BCUT2D eigenvalue weighted by Crippen LogP contribution is -2.60.